The molecule has 1 N–H and O–H groups in total. The Balaban J connectivity index is 1.95. The van der Waals surface area contributed by atoms with Gasteiger partial charge in [-0.25, -0.2) is 4.79 Å². The molecule has 0 fully saturated rings. The van der Waals surface area contributed by atoms with E-state index in [-0.39, 0.29) is 21.8 Å². The zero-order valence-electron chi connectivity index (χ0n) is 12.5. The van der Waals surface area contributed by atoms with Gasteiger partial charge in [-0.15, -0.1) is 11.3 Å². The molecule has 0 spiro atoms. The summed E-state index contributed by atoms with van der Waals surface area (Å²) in [5.74, 6) is -1.06. The van der Waals surface area contributed by atoms with Gasteiger partial charge in [0.15, 0.2) is 6.10 Å². The van der Waals surface area contributed by atoms with Crippen molar-refractivity contribution in [2.75, 3.05) is 0 Å². The highest BCUT2D eigenvalue weighted by atomic mass is 35.5. The minimum absolute atomic E-state index is 0.164. The van der Waals surface area contributed by atoms with Crippen LogP contribution in [-0.2, 0) is 9.53 Å². The van der Waals surface area contributed by atoms with Gasteiger partial charge in [0.25, 0.3) is 5.91 Å². The van der Waals surface area contributed by atoms with Crippen LogP contribution in [0.5, 0.6) is 0 Å². The molecule has 2 unspecified atom stereocenters. The predicted molar refractivity (Wildman–Crippen MR) is 92.2 cm³/mol. The zero-order valence-corrected chi connectivity index (χ0v) is 14.8. The highest BCUT2D eigenvalue weighted by Crippen LogP contribution is 2.31. The summed E-state index contributed by atoms with van der Waals surface area (Å²) in [6.45, 7) is 3.37. The molecule has 0 bridgehead atoms. The highest BCUT2D eigenvalue weighted by Gasteiger charge is 2.23. The van der Waals surface area contributed by atoms with E-state index in [1.807, 2.05) is 37.3 Å². The summed E-state index contributed by atoms with van der Waals surface area (Å²) in [5, 5.41) is 2.80. The number of nitrogens with one attached hydrogen (secondary N) is 1. The third-order valence-corrected chi connectivity index (χ3v) is 4.68. The fourth-order valence-electron chi connectivity index (χ4n) is 1.91. The van der Waals surface area contributed by atoms with Crippen LogP contribution in [0.1, 0.15) is 35.8 Å². The minimum Gasteiger partial charge on any atom is -0.449 e. The van der Waals surface area contributed by atoms with Crippen molar-refractivity contribution in [3.05, 3.63) is 56.2 Å². The average molecular weight is 372 g/mol. The maximum Gasteiger partial charge on any atom is 0.341 e. The predicted octanol–water partition coefficient (Wildman–Crippen LogP) is 4.48. The van der Waals surface area contributed by atoms with Gasteiger partial charge in [0.05, 0.1) is 15.9 Å². The molecule has 0 aliphatic rings. The van der Waals surface area contributed by atoms with Crippen molar-refractivity contribution >= 4 is 46.4 Å². The van der Waals surface area contributed by atoms with Crippen LogP contribution in [0.4, 0.5) is 0 Å². The number of hydrogen-bond acceptors (Lipinski definition) is 4. The Bertz CT molecular complexity index is 703. The van der Waals surface area contributed by atoms with Crippen molar-refractivity contribution in [1.82, 2.24) is 5.32 Å². The summed E-state index contributed by atoms with van der Waals surface area (Å²) >= 11 is 12.8. The molecule has 0 saturated carbocycles. The average Bonchev–Trinajstić information content (AvgIpc) is 2.86. The first-order chi connectivity index (χ1) is 10.9. The Morgan fingerprint density at radius 3 is 2.39 bits per heavy atom. The SMILES string of the molecule is CC(OC(=O)c1cc(Cl)sc1Cl)C(=O)NC(C)c1ccccc1. The molecular weight excluding hydrogens is 357 g/mol. The van der Waals surface area contributed by atoms with Crippen LogP contribution in [0.3, 0.4) is 0 Å². The van der Waals surface area contributed by atoms with E-state index in [1.54, 1.807) is 0 Å². The van der Waals surface area contributed by atoms with Crippen molar-refractivity contribution in [2.45, 2.75) is 26.0 Å². The lowest BCUT2D eigenvalue weighted by molar-refractivity contribution is -0.129. The van der Waals surface area contributed by atoms with Gasteiger partial charge in [-0.1, -0.05) is 53.5 Å². The van der Waals surface area contributed by atoms with Gasteiger partial charge in [0.2, 0.25) is 0 Å². The molecule has 0 saturated heterocycles. The number of ether oxygens (including phenoxy) is 1. The van der Waals surface area contributed by atoms with E-state index in [9.17, 15) is 9.59 Å². The van der Waals surface area contributed by atoms with Gasteiger partial charge in [-0.05, 0) is 25.5 Å². The number of hydrogen-bond donors (Lipinski definition) is 1. The number of carbonyl (C=O) groups excluding carboxylic acids is 2. The van der Waals surface area contributed by atoms with E-state index < -0.39 is 12.1 Å². The van der Waals surface area contributed by atoms with E-state index in [4.69, 9.17) is 27.9 Å². The summed E-state index contributed by atoms with van der Waals surface area (Å²) in [5.41, 5.74) is 1.13. The van der Waals surface area contributed by atoms with E-state index in [0.717, 1.165) is 16.9 Å². The fourth-order valence-corrected chi connectivity index (χ4v) is 3.35. The summed E-state index contributed by atoms with van der Waals surface area (Å²) in [4.78, 5) is 24.1. The molecule has 0 aliphatic carbocycles. The van der Waals surface area contributed by atoms with Crippen LogP contribution in [-0.4, -0.2) is 18.0 Å². The summed E-state index contributed by atoms with van der Waals surface area (Å²) in [6, 6.07) is 10.7. The second-order valence-electron chi connectivity index (χ2n) is 4.93. The van der Waals surface area contributed by atoms with Crippen LogP contribution >= 0.6 is 34.5 Å². The van der Waals surface area contributed by atoms with Crippen LogP contribution in [0, 0.1) is 0 Å². The maximum absolute atomic E-state index is 12.1. The fraction of sp³-hybridized carbons (Fsp3) is 0.250. The number of esters is 1. The summed E-state index contributed by atoms with van der Waals surface area (Å²) < 4.78 is 5.77. The van der Waals surface area contributed by atoms with Crippen LogP contribution < -0.4 is 5.32 Å². The van der Waals surface area contributed by atoms with Crippen molar-refractivity contribution < 1.29 is 14.3 Å². The number of amides is 1. The second kappa shape index (κ2) is 7.81. The first-order valence-electron chi connectivity index (χ1n) is 6.89. The topological polar surface area (TPSA) is 55.4 Å². The molecule has 2 atom stereocenters. The van der Waals surface area contributed by atoms with E-state index in [1.165, 1.54) is 13.0 Å². The van der Waals surface area contributed by atoms with Crippen LogP contribution in [0.25, 0.3) is 0 Å². The molecule has 7 heteroatoms. The van der Waals surface area contributed by atoms with Crippen molar-refractivity contribution in [3.8, 4) is 0 Å². The van der Waals surface area contributed by atoms with Crippen molar-refractivity contribution in [1.29, 1.82) is 0 Å². The third kappa shape index (κ3) is 4.70. The Morgan fingerprint density at radius 1 is 1.17 bits per heavy atom. The molecule has 1 amide bonds. The van der Waals surface area contributed by atoms with E-state index >= 15 is 0 Å². The molecule has 1 heterocycles. The molecule has 4 nitrogen and oxygen atoms in total. The molecule has 0 radical (unpaired) electrons. The number of thiophene rings is 1. The molecule has 0 aliphatic heterocycles. The summed E-state index contributed by atoms with van der Waals surface area (Å²) in [7, 11) is 0. The number of carbonyl (C=O) groups is 2. The number of benzene rings is 1. The monoisotopic (exact) mass is 371 g/mol. The molecule has 2 aromatic rings. The standard InChI is InChI=1S/C16H15Cl2NO3S/c1-9(11-6-4-3-5-7-11)19-15(20)10(2)22-16(21)12-8-13(17)23-14(12)18/h3-10H,1-2H3,(H,19,20). The first-order valence-corrected chi connectivity index (χ1v) is 8.47. The molecule has 122 valence electrons. The lowest BCUT2D eigenvalue weighted by atomic mass is 10.1. The maximum atomic E-state index is 12.1. The van der Waals surface area contributed by atoms with Crippen LogP contribution in [0.15, 0.2) is 36.4 Å². The van der Waals surface area contributed by atoms with Gasteiger partial charge in [0, 0.05) is 0 Å². The largest absolute Gasteiger partial charge is 0.449 e. The number of halogens is 2. The third-order valence-electron chi connectivity index (χ3n) is 3.19. The lowest BCUT2D eigenvalue weighted by Crippen LogP contribution is -2.37. The Morgan fingerprint density at radius 2 is 1.83 bits per heavy atom. The van der Waals surface area contributed by atoms with Gasteiger partial charge in [-0.3, -0.25) is 4.79 Å². The van der Waals surface area contributed by atoms with Crippen molar-refractivity contribution in [3.63, 3.8) is 0 Å². The Hall–Kier alpha value is -1.56. The molecule has 23 heavy (non-hydrogen) atoms. The highest BCUT2D eigenvalue weighted by molar-refractivity contribution is 7.20. The van der Waals surface area contributed by atoms with Crippen molar-refractivity contribution in [2.24, 2.45) is 0 Å². The minimum atomic E-state index is -0.941. The molecule has 1 aromatic carbocycles. The van der Waals surface area contributed by atoms with Gasteiger partial charge in [-0.2, -0.15) is 0 Å². The smallest absolute Gasteiger partial charge is 0.341 e. The van der Waals surface area contributed by atoms with E-state index in [0.29, 0.717) is 4.34 Å². The van der Waals surface area contributed by atoms with Gasteiger partial charge < -0.3 is 10.1 Å². The lowest BCUT2D eigenvalue weighted by Gasteiger charge is -2.18. The van der Waals surface area contributed by atoms with E-state index in [2.05, 4.69) is 5.32 Å². The zero-order chi connectivity index (χ0) is 17.0. The molecule has 2 rings (SSSR count). The van der Waals surface area contributed by atoms with Gasteiger partial charge in [0.1, 0.15) is 4.34 Å². The second-order valence-corrected chi connectivity index (χ2v) is 7.21. The van der Waals surface area contributed by atoms with Crippen LogP contribution in [0.2, 0.25) is 8.67 Å². The Labute approximate surface area is 148 Å². The normalized spacial score (nSPS) is 13.2. The molecule has 1 aromatic heterocycles. The summed E-state index contributed by atoms with van der Waals surface area (Å²) in [6.07, 6.45) is -0.941. The van der Waals surface area contributed by atoms with Gasteiger partial charge >= 0.3 is 5.97 Å². The Kier molecular flexibility index (Phi) is 6.04. The quantitative estimate of drug-likeness (QED) is 0.788. The first kappa shape index (κ1) is 17.8. The number of rotatable bonds is 5. The molecular formula is C16H15Cl2NO3S.